The van der Waals surface area contributed by atoms with Crippen molar-refractivity contribution in [3.63, 3.8) is 0 Å². The van der Waals surface area contributed by atoms with Crippen molar-refractivity contribution in [2.24, 2.45) is 5.73 Å². The van der Waals surface area contributed by atoms with Crippen molar-refractivity contribution in [3.8, 4) is 0 Å². The summed E-state index contributed by atoms with van der Waals surface area (Å²) >= 11 is 1.54. The van der Waals surface area contributed by atoms with Gasteiger partial charge in [-0.05, 0) is 12.8 Å². The van der Waals surface area contributed by atoms with Crippen molar-refractivity contribution in [2.75, 3.05) is 5.75 Å². The fourth-order valence-electron chi connectivity index (χ4n) is 2.14. The average molecular weight is 274 g/mol. The molecule has 0 radical (unpaired) electrons. The van der Waals surface area contributed by atoms with E-state index < -0.39 is 18.1 Å². The molecule has 1 rings (SSSR count). The van der Waals surface area contributed by atoms with Crippen molar-refractivity contribution in [2.45, 2.75) is 57.0 Å². The lowest BCUT2D eigenvalue weighted by Crippen LogP contribution is -2.52. The van der Waals surface area contributed by atoms with Crippen molar-refractivity contribution >= 4 is 23.6 Å². The quantitative estimate of drug-likeness (QED) is 0.762. The molecule has 0 aromatic heterocycles. The number of aliphatic carboxylic acids is 1. The van der Waals surface area contributed by atoms with Crippen LogP contribution in [0.4, 0.5) is 0 Å². The second-order valence-corrected chi connectivity index (χ2v) is 5.78. The van der Waals surface area contributed by atoms with Crippen LogP contribution in [0.15, 0.2) is 0 Å². The Hall–Kier alpha value is -0.750. The van der Waals surface area contributed by atoms with E-state index in [2.05, 4.69) is 0 Å². The molecule has 0 aromatic carbocycles. The van der Waals surface area contributed by atoms with E-state index in [0.29, 0.717) is 12.2 Å². The van der Waals surface area contributed by atoms with Crippen LogP contribution in [-0.4, -0.2) is 45.1 Å². The second-order valence-electron chi connectivity index (χ2n) is 4.57. The summed E-state index contributed by atoms with van der Waals surface area (Å²) in [6.07, 6.45) is 3.17. The van der Waals surface area contributed by atoms with Crippen LogP contribution < -0.4 is 5.73 Å². The van der Waals surface area contributed by atoms with E-state index in [-0.39, 0.29) is 11.3 Å². The summed E-state index contributed by atoms with van der Waals surface area (Å²) in [5, 5.41) is 9.15. The maximum absolute atomic E-state index is 12.3. The predicted octanol–water partition coefficient (Wildman–Crippen LogP) is 1.27. The van der Waals surface area contributed by atoms with Crippen LogP contribution in [0.1, 0.15) is 39.5 Å². The molecule has 3 N–H and O–H groups in total. The highest BCUT2D eigenvalue weighted by atomic mass is 32.2. The molecule has 1 saturated heterocycles. The summed E-state index contributed by atoms with van der Waals surface area (Å²) in [6.45, 7) is 3.99. The Morgan fingerprint density at radius 2 is 2.11 bits per heavy atom. The molecule has 6 heteroatoms. The number of carboxylic acid groups (broad SMARTS) is 1. The molecule has 0 saturated carbocycles. The SMILES string of the molecule is CCCC1SCC(C(=O)O)N1C(=O)[C@H](N)CCC. The largest absolute Gasteiger partial charge is 0.480 e. The van der Waals surface area contributed by atoms with E-state index in [4.69, 9.17) is 5.73 Å². The Morgan fingerprint density at radius 3 is 2.61 bits per heavy atom. The zero-order valence-electron chi connectivity index (χ0n) is 11.0. The van der Waals surface area contributed by atoms with E-state index in [9.17, 15) is 14.7 Å². The zero-order valence-corrected chi connectivity index (χ0v) is 11.8. The van der Waals surface area contributed by atoms with Gasteiger partial charge in [0, 0.05) is 5.75 Å². The molecule has 104 valence electrons. The number of nitrogens with two attached hydrogens (primary N) is 1. The van der Waals surface area contributed by atoms with Gasteiger partial charge >= 0.3 is 5.97 Å². The number of carbonyl (C=O) groups excluding carboxylic acids is 1. The third kappa shape index (κ3) is 3.38. The molecular weight excluding hydrogens is 252 g/mol. The Kier molecular flexibility index (Phi) is 5.95. The number of carboxylic acids is 1. The first-order valence-corrected chi connectivity index (χ1v) is 7.49. The molecule has 18 heavy (non-hydrogen) atoms. The van der Waals surface area contributed by atoms with Crippen LogP contribution >= 0.6 is 11.8 Å². The van der Waals surface area contributed by atoms with Crippen molar-refractivity contribution in [1.29, 1.82) is 0 Å². The van der Waals surface area contributed by atoms with E-state index in [1.54, 1.807) is 11.8 Å². The predicted molar refractivity (Wildman–Crippen MR) is 72.3 cm³/mol. The Bertz CT molecular complexity index is 312. The number of thioether (sulfide) groups is 1. The van der Waals surface area contributed by atoms with E-state index >= 15 is 0 Å². The molecule has 1 aliphatic heterocycles. The van der Waals surface area contributed by atoms with Crippen LogP contribution in [-0.2, 0) is 9.59 Å². The van der Waals surface area contributed by atoms with Gasteiger partial charge in [-0.1, -0.05) is 26.7 Å². The van der Waals surface area contributed by atoms with Crippen molar-refractivity contribution < 1.29 is 14.7 Å². The molecule has 1 fully saturated rings. The fraction of sp³-hybridized carbons (Fsp3) is 0.833. The molecule has 0 spiro atoms. The lowest BCUT2D eigenvalue weighted by atomic mass is 10.1. The first-order valence-electron chi connectivity index (χ1n) is 6.45. The number of hydrogen-bond donors (Lipinski definition) is 2. The molecule has 3 atom stereocenters. The molecule has 5 nitrogen and oxygen atoms in total. The highest BCUT2D eigenvalue weighted by Crippen LogP contribution is 2.32. The number of amides is 1. The molecule has 1 amide bonds. The van der Waals surface area contributed by atoms with Gasteiger partial charge in [-0.25, -0.2) is 4.79 Å². The lowest BCUT2D eigenvalue weighted by Gasteiger charge is -2.29. The number of nitrogens with zero attached hydrogens (tertiary/aromatic N) is 1. The minimum atomic E-state index is -0.932. The summed E-state index contributed by atoms with van der Waals surface area (Å²) in [5.41, 5.74) is 5.83. The van der Waals surface area contributed by atoms with Gasteiger partial charge in [-0.3, -0.25) is 4.79 Å². The highest BCUT2D eigenvalue weighted by Gasteiger charge is 2.42. The smallest absolute Gasteiger partial charge is 0.327 e. The van der Waals surface area contributed by atoms with E-state index in [1.807, 2.05) is 13.8 Å². The van der Waals surface area contributed by atoms with E-state index in [0.717, 1.165) is 19.3 Å². The standard InChI is InChI=1S/C12H22N2O3S/c1-3-5-8(13)11(15)14-9(12(16)17)7-18-10(14)6-4-2/h8-10H,3-7,13H2,1-2H3,(H,16,17)/t8-,9?,10?/m1/s1. The number of rotatable bonds is 6. The van der Waals surface area contributed by atoms with Gasteiger partial charge in [0.05, 0.1) is 11.4 Å². The molecule has 0 aromatic rings. The van der Waals surface area contributed by atoms with Crippen LogP contribution in [0.2, 0.25) is 0 Å². The summed E-state index contributed by atoms with van der Waals surface area (Å²) in [6, 6.07) is -1.29. The van der Waals surface area contributed by atoms with Gasteiger partial charge in [0.15, 0.2) is 0 Å². The maximum Gasteiger partial charge on any atom is 0.327 e. The van der Waals surface area contributed by atoms with E-state index in [1.165, 1.54) is 4.90 Å². The lowest BCUT2D eigenvalue weighted by molar-refractivity contribution is -0.149. The molecule has 1 aliphatic rings. The summed E-state index contributed by atoms with van der Waals surface area (Å²) in [4.78, 5) is 25.0. The number of hydrogen-bond acceptors (Lipinski definition) is 4. The number of carbonyl (C=O) groups is 2. The molecule has 1 heterocycles. The highest BCUT2D eigenvalue weighted by molar-refractivity contribution is 8.00. The van der Waals surface area contributed by atoms with Gasteiger partial charge < -0.3 is 15.7 Å². The third-order valence-corrected chi connectivity index (χ3v) is 4.44. The minimum Gasteiger partial charge on any atom is -0.480 e. The molecule has 0 bridgehead atoms. The topological polar surface area (TPSA) is 83.6 Å². The van der Waals surface area contributed by atoms with Crippen molar-refractivity contribution in [3.05, 3.63) is 0 Å². The van der Waals surface area contributed by atoms with Crippen LogP contribution in [0.25, 0.3) is 0 Å². The Morgan fingerprint density at radius 1 is 1.44 bits per heavy atom. The van der Waals surface area contributed by atoms with Gasteiger partial charge in [-0.2, -0.15) is 0 Å². The van der Waals surface area contributed by atoms with Gasteiger partial charge in [-0.15, -0.1) is 11.8 Å². The third-order valence-electron chi connectivity index (χ3n) is 3.08. The molecule has 2 unspecified atom stereocenters. The Labute approximate surface area is 112 Å². The Balaban J connectivity index is 2.81. The van der Waals surface area contributed by atoms with Crippen LogP contribution in [0, 0.1) is 0 Å². The average Bonchev–Trinajstić information content (AvgIpc) is 2.72. The zero-order chi connectivity index (χ0) is 13.7. The summed E-state index contributed by atoms with van der Waals surface area (Å²) in [5.74, 6) is -0.684. The molecular formula is C12H22N2O3S. The van der Waals surface area contributed by atoms with Crippen LogP contribution in [0.5, 0.6) is 0 Å². The summed E-state index contributed by atoms with van der Waals surface area (Å²) < 4.78 is 0. The van der Waals surface area contributed by atoms with Crippen LogP contribution in [0.3, 0.4) is 0 Å². The summed E-state index contributed by atoms with van der Waals surface area (Å²) in [7, 11) is 0. The minimum absolute atomic E-state index is 0.0356. The fourth-order valence-corrected chi connectivity index (χ4v) is 3.67. The van der Waals surface area contributed by atoms with Gasteiger partial charge in [0.2, 0.25) is 5.91 Å². The van der Waals surface area contributed by atoms with Gasteiger partial charge in [0.1, 0.15) is 6.04 Å². The first-order chi connectivity index (χ1) is 8.52. The monoisotopic (exact) mass is 274 g/mol. The van der Waals surface area contributed by atoms with Crippen molar-refractivity contribution in [1.82, 2.24) is 4.90 Å². The molecule has 0 aliphatic carbocycles. The normalized spacial score (nSPS) is 25.2. The van der Waals surface area contributed by atoms with Gasteiger partial charge in [0.25, 0.3) is 0 Å². The first kappa shape index (κ1) is 15.3. The maximum atomic E-state index is 12.3. The second kappa shape index (κ2) is 6.99.